The van der Waals surface area contributed by atoms with E-state index >= 15 is 0 Å². The van der Waals surface area contributed by atoms with Crippen LogP contribution in [0.1, 0.15) is 35.4 Å². The molecule has 3 heterocycles. The summed E-state index contributed by atoms with van der Waals surface area (Å²) in [6.07, 6.45) is 3.83. The van der Waals surface area contributed by atoms with Crippen LogP contribution < -0.4 is 10.2 Å². The van der Waals surface area contributed by atoms with Gasteiger partial charge in [-0.1, -0.05) is 11.3 Å². The van der Waals surface area contributed by atoms with Gasteiger partial charge in [0.1, 0.15) is 5.51 Å². The number of amides is 1. The van der Waals surface area contributed by atoms with Crippen molar-refractivity contribution in [3.8, 4) is 0 Å². The lowest BCUT2D eigenvalue weighted by molar-refractivity contribution is 0.102. The van der Waals surface area contributed by atoms with Crippen molar-refractivity contribution in [1.29, 1.82) is 0 Å². The summed E-state index contributed by atoms with van der Waals surface area (Å²) in [6, 6.07) is 8.05. The third kappa shape index (κ3) is 2.75. The Morgan fingerprint density at radius 1 is 1.17 bits per heavy atom. The largest absolute Gasteiger partial charge is 0.372 e. The van der Waals surface area contributed by atoms with E-state index in [1.54, 1.807) is 10.0 Å². The van der Waals surface area contributed by atoms with E-state index in [0.29, 0.717) is 11.4 Å². The first-order valence-electron chi connectivity index (χ1n) is 8.17. The number of carbonyl (C=O) groups excluding carboxylic acids is 1. The Bertz CT molecular complexity index is 861. The van der Waals surface area contributed by atoms with Crippen LogP contribution in [0.2, 0.25) is 0 Å². The highest BCUT2D eigenvalue weighted by Gasteiger charge is 2.18. The molecule has 2 aromatic heterocycles. The SMILES string of the molecule is Cc1nc2scnn2c1C(=O)Nc1ccc(N2CCCCC2)cc1. The topological polar surface area (TPSA) is 62.5 Å². The Labute approximate surface area is 144 Å². The molecule has 1 N–H and O–H groups in total. The van der Waals surface area contributed by atoms with Crippen molar-refractivity contribution < 1.29 is 4.79 Å². The molecule has 1 aromatic carbocycles. The van der Waals surface area contributed by atoms with Crippen molar-refractivity contribution in [2.75, 3.05) is 23.3 Å². The molecule has 24 heavy (non-hydrogen) atoms. The minimum atomic E-state index is -0.184. The fourth-order valence-corrected chi connectivity index (χ4v) is 3.82. The zero-order valence-electron chi connectivity index (χ0n) is 13.5. The van der Waals surface area contributed by atoms with Crippen LogP contribution in [0.25, 0.3) is 4.96 Å². The second-order valence-electron chi connectivity index (χ2n) is 6.03. The number of hydrogen-bond donors (Lipinski definition) is 1. The molecule has 1 aliphatic rings. The number of aromatic nitrogens is 3. The van der Waals surface area contributed by atoms with Gasteiger partial charge in [0.25, 0.3) is 5.91 Å². The molecule has 1 fully saturated rings. The van der Waals surface area contributed by atoms with Crippen LogP contribution >= 0.6 is 11.3 Å². The first-order chi connectivity index (χ1) is 11.7. The maximum absolute atomic E-state index is 12.6. The van der Waals surface area contributed by atoms with Gasteiger partial charge in [-0.25, -0.2) is 4.98 Å². The van der Waals surface area contributed by atoms with Gasteiger partial charge in [0, 0.05) is 24.5 Å². The van der Waals surface area contributed by atoms with E-state index in [9.17, 15) is 4.79 Å². The Balaban J connectivity index is 1.51. The third-order valence-electron chi connectivity index (χ3n) is 4.38. The van der Waals surface area contributed by atoms with Crippen LogP contribution in [-0.2, 0) is 0 Å². The van der Waals surface area contributed by atoms with Gasteiger partial charge >= 0.3 is 0 Å². The van der Waals surface area contributed by atoms with Gasteiger partial charge in [-0.05, 0) is 50.5 Å². The van der Waals surface area contributed by atoms with E-state index in [0.717, 1.165) is 23.7 Å². The summed E-state index contributed by atoms with van der Waals surface area (Å²) in [4.78, 5) is 20.1. The lowest BCUT2D eigenvalue weighted by Crippen LogP contribution is -2.29. The molecule has 0 atom stereocenters. The minimum absolute atomic E-state index is 0.184. The molecule has 0 spiro atoms. The molecule has 0 aliphatic carbocycles. The van der Waals surface area contributed by atoms with Crippen LogP contribution in [0.5, 0.6) is 0 Å². The Hall–Kier alpha value is -2.41. The van der Waals surface area contributed by atoms with Crippen molar-refractivity contribution >= 4 is 33.6 Å². The zero-order valence-corrected chi connectivity index (χ0v) is 14.3. The maximum atomic E-state index is 12.6. The number of piperidine rings is 1. The normalized spacial score (nSPS) is 15.0. The van der Waals surface area contributed by atoms with Crippen LogP contribution in [0.15, 0.2) is 29.8 Å². The number of benzene rings is 1. The monoisotopic (exact) mass is 341 g/mol. The molecule has 3 aromatic rings. The third-order valence-corrected chi connectivity index (χ3v) is 5.06. The van der Waals surface area contributed by atoms with Crippen LogP contribution in [0.3, 0.4) is 0 Å². The molecule has 1 amide bonds. The van der Waals surface area contributed by atoms with Gasteiger partial charge < -0.3 is 10.2 Å². The quantitative estimate of drug-likeness (QED) is 0.794. The second-order valence-corrected chi connectivity index (χ2v) is 6.84. The van der Waals surface area contributed by atoms with Gasteiger partial charge in [0.15, 0.2) is 5.69 Å². The van der Waals surface area contributed by atoms with Crippen LogP contribution in [-0.4, -0.2) is 33.6 Å². The number of nitrogens with zero attached hydrogens (tertiary/aromatic N) is 4. The van der Waals surface area contributed by atoms with E-state index in [2.05, 4.69) is 32.4 Å². The Morgan fingerprint density at radius 2 is 1.92 bits per heavy atom. The molecule has 124 valence electrons. The minimum Gasteiger partial charge on any atom is -0.372 e. The number of imidazole rings is 1. The Morgan fingerprint density at radius 3 is 2.67 bits per heavy atom. The number of fused-ring (bicyclic) bond motifs is 1. The average molecular weight is 341 g/mol. The van der Waals surface area contributed by atoms with Crippen molar-refractivity contribution in [2.45, 2.75) is 26.2 Å². The van der Waals surface area contributed by atoms with E-state index < -0.39 is 0 Å². The van der Waals surface area contributed by atoms with Crippen molar-refractivity contribution in [3.63, 3.8) is 0 Å². The number of nitrogens with one attached hydrogen (secondary N) is 1. The second kappa shape index (κ2) is 6.24. The molecule has 7 heteroatoms. The summed E-state index contributed by atoms with van der Waals surface area (Å²) in [5.74, 6) is -0.184. The summed E-state index contributed by atoms with van der Waals surface area (Å²) in [5.41, 5.74) is 4.87. The first-order valence-corrected chi connectivity index (χ1v) is 9.05. The molecule has 0 radical (unpaired) electrons. The highest BCUT2D eigenvalue weighted by molar-refractivity contribution is 7.14. The Kier molecular flexibility index (Phi) is 3.93. The first kappa shape index (κ1) is 15.1. The predicted octanol–water partition coefficient (Wildman–Crippen LogP) is 3.34. The van der Waals surface area contributed by atoms with Gasteiger partial charge in [0.05, 0.1) is 5.69 Å². The molecule has 6 nitrogen and oxygen atoms in total. The van der Waals surface area contributed by atoms with Gasteiger partial charge in [-0.2, -0.15) is 9.61 Å². The van der Waals surface area contributed by atoms with Gasteiger partial charge in [-0.3, -0.25) is 4.79 Å². The van der Waals surface area contributed by atoms with E-state index in [-0.39, 0.29) is 5.91 Å². The smallest absolute Gasteiger partial charge is 0.276 e. The molecule has 1 aliphatic heterocycles. The van der Waals surface area contributed by atoms with Crippen molar-refractivity contribution in [1.82, 2.24) is 14.6 Å². The summed E-state index contributed by atoms with van der Waals surface area (Å²) in [6.45, 7) is 4.06. The number of carbonyl (C=O) groups is 1. The molecule has 0 saturated carbocycles. The maximum Gasteiger partial charge on any atom is 0.276 e. The van der Waals surface area contributed by atoms with Crippen molar-refractivity contribution in [2.24, 2.45) is 0 Å². The number of aryl methyl sites for hydroxylation is 1. The fraction of sp³-hybridized carbons (Fsp3) is 0.353. The molecular formula is C17H19N5OS. The zero-order chi connectivity index (χ0) is 16.5. The number of rotatable bonds is 3. The van der Waals surface area contributed by atoms with E-state index in [4.69, 9.17) is 0 Å². The molecule has 1 saturated heterocycles. The predicted molar refractivity (Wildman–Crippen MR) is 96.1 cm³/mol. The lowest BCUT2D eigenvalue weighted by atomic mass is 10.1. The molecular weight excluding hydrogens is 322 g/mol. The molecule has 4 rings (SSSR count). The molecule has 0 unspecified atom stereocenters. The fourth-order valence-electron chi connectivity index (χ4n) is 3.15. The highest BCUT2D eigenvalue weighted by atomic mass is 32.1. The highest BCUT2D eigenvalue weighted by Crippen LogP contribution is 2.22. The molecule has 0 bridgehead atoms. The standard InChI is InChI=1S/C17H19N5OS/c1-12-15(22-17(19-12)24-11-18-22)16(23)20-13-5-7-14(8-6-13)21-9-3-2-4-10-21/h5-8,11H,2-4,9-10H2,1H3,(H,20,23). The van der Waals surface area contributed by atoms with Crippen LogP contribution in [0, 0.1) is 6.92 Å². The summed E-state index contributed by atoms with van der Waals surface area (Å²) < 4.78 is 1.59. The average Bonchev–Trinajstić information content (AvgIpc) is 3.16. The summed E-state index contributed by atoms with van der Waals surface area (Å²) in [5, 5.41) is 7.13. The van der Waals surface area contributed by atoms with Crippen LogP contribution in [0.4, 0.5) is 11.4 Å². The van der Waals surface area contributed by atoms with Gasteiger partial charge in [-0.15, -0.1) is 0 Å². The number of anilines is 2. The van der Waals surface area contributed by atoms with Crippen molar-refractivity contribution in [3.05, 3.63) is 41.2 Å². The lowest BCUT2D eigenvalue weighted by Gasteiger charge is -2.28. The van der Waals surface area contributed by atoms with E-state index in [1.807, 2.05) is 19.1 Å². The summed E-state index contributed by atoms with van der Waals surface area (Å²) >= 11 is 1.42. The number of hydrogen-bond acceptors (Lipinski definition) is 5. The summed E-state index contributed by atoms with van der Waals surface area (Å²) in [7, 11) is 0. The van der Waals surface area contributed by atoms with Gasteiger partial charge in [0.2, 0.25) is 4.96 Å². The van der Waals surface area contributed by atoms with E-state index in [1.165, 1.54) is 36.3 Å².